The molecule has 0 aliphatic heterocycles. The van der Waals surface area contributed by atoms with Crippen LogP contribution in [0.3, 0.4) is 0 Å². The lowest BCUT2D eigenvalue weighted by atomic mass is 10.2. The summed E-state index contributed by atoms with van der Waals surface area (Å²) in [5.41, 5.74) is 4.91. The van der Waals surface area contributed by atoms with Crippen molar-refractivity contribution < 1.29 is 24.9 Å². The minimum atomic E-state index is -1.18. The molecule has 0 aromatic carbocycles. The number of carboxylic acids is 2. The van der Waals surface area contributed by atoms with Crippen molar-refractivity contribution in [3.63, 3.8) is 0 Å². The Morgan fingerprint density at radius 2 is 1.69 bits per heavy atom. The average molecular weight is 193 g/mol. The van der Waals surface area contributed by atoms with Crippen LogP contribution in [0.25, 0.3) is 0 Å². The zero-order valence-corrected chi connectivity index (χ0v) is 7.60. The molecule has 6 nitrogen and oxygen atoms in total. The van der Waals surface area contributed by atoms with Crippen LogP contribution >= 0.6 is 0 Å². The summed E-state index contributed by atoms with van der Waals surface area (Å²) in [4.78, 5) is 19.2. The number of carboxylic acid groups (broad SMARTS) is 2. The SMILES string of the molecule is CC(O)C(N)C(=O)O.CCC(=O)O. The maximum absolute atomic E-state index is 9.86. The van der Waals surface area contributed by atoms with Crippen LogP contribution in [-0.4, -0.2) is 39.4 Å². The summed E-state index contributed by atoms with van der Waals surface area (Å²) in [6, 6.07) is -1.16. The van der Waals surface area contributed by atoms with Crippen molar-refractivity contribution in [1.82, 2.24) is 0 Å². The van der Waals surface area contributed by atoms with Gasteiger partial charge in [0.2, 0.25) is 0 Å². The highest BCUT2D eigenvalue weighted by atomic mass is 16.4. The van der Waals surface area contributed by atoms with Gasteiger partial charge in [-0.2, -0.15) is 0 Å². The molecule has 6 heteroatoms. The van der Waals surface area contributed by atoms with Gasteiger partial charge in [0.15, 0.2) is 0 Å². The third kappa shape index (κ3) is 10.9. The van der Waals surface area contributed by atoms with Gasteiger partial charge in [-0.05, 0) is 6.92 Å². The number of aliphatic hydroxyl groups excluding tert-OH is 1. The van der Waals surface area contributed by atoms with Crippen LogP contribution in [0.2, 0.25) is 0 Å². The highest BCUT2D eigenvalue weighted by Gasteiger charge is 2.16. The Kier molecular flexibility index (Phi) is 8.31. The average Bonchev–Trinajstić information content (AvgIpc) is 2.03. The van der Waals surface area contributed by atoms with Crippen molar-refractivity contribution in [1.29, 1.82) is 0 Å². The molecular formula is C7H15NO5. The molecule has 0 radical (unpaired) electrons. The van der Waals surface area contributed by atoms with Gasteiger partial charge in [0, 0.05) is 6.42 Å². The molecule has 0 aromatic rings. The summed E-state index contributed by atoms with van der Waals surface area (Å²) in [6.07, 6.45) is -0.757. The fraction of sp³-hybridized carbons (Fsp3) is 0.714. The van der Waals surface area contributed by atoms with E-state index >= 15 is 0 Å². The second-order valence-corrected chi connectivity index (χ2v) is 2.35. The molecule has 0 saturated heterocycles. The molecule has 13 heavy (non-hydrogen) atoms. The lowest BCUT2D eigenvalue weighted by Gasteiger charge is -2.06. The summed E-state index contributed by atoms with van der Waals surface area (Å²) >= 11 is 0. The molecule has 0 aliphatic rings. The minimum absolute atomic E-state index is 0.222. The van der Waals surface area contributed by atoms with E-state index in [-0.39, 0.29) is 6.42 Å². The Balaban J connectivity index is 0. The number of nitrogens with two attached hydrogens (primary N) is 1. The van der Waals surface area contributed by atoms with Gasteiger partial charge in [0.25, 0.3) is 0 Å². The number of aliphatic hydroxyl groups is 1. The molecule has 0 aliphatic carbocycles. The standard InChI is InChI=1S/C4H9NO3.C3H6O2/c1-2(6)3(5)4(7)8;1-2-3(4)5/h2-3,6H,5H2,1H3,(H,7,8);2H2,1H3,(H,4,5). The van der Waals surface area contributed by atoms with Gasteiger partial charge in [-0.3, -0.25) is 9.59 Å². The maximum atomic E-state index is 9.86. The van der Waals surface area contributed by atoms with E-state index in [4.69, 9.17) is 21.1 Å². The van der Waals surface area contributed by atoms with Gasteiger partial charge < -0.3 is 21.1 Å². The van der Waals surface area contributed by atoms with Gasteiger partial charge >= 0.3 is 11.9 Å². The van der Waals surface area contributed by atoms with Crippen LogP contribution in [-0.2, 0) is 9.59 Å². The second-order valence-electron chi connectivity index (χ2n) is 2.35. The van der Waals surface area contributed by atoms with Gasteiger partial charge in [-0.25, -0.2) is 0 Å². The third-order valence-corrected chi connectivity index (χ3v) is 1.11. The van der Waals surface area contributed by atoms with E-state index < -0.39 is 24.1 Å². The predicted octanol–water partition coefficient (Wildman–Crippen LogP) is -0.740. The summed E-state index contributed by atoms with van der Waals surface area (Å²) in [7, 11) is 0. The second kappa shape index (κ2) is 7.51. The monoisotopic (exact) mass is 193 g/mol. The number of carbonyl (C=O) groups is 2. The lowest BCUT2D eigenvalue weighted by molar-refractivity contribution is -0.141. The molecule has 5 N–H and O–H groups in total. The zero-order valence-electron chi connectivity index (χ0n) is 7.60. The number of hydrogen-bond donors (Lipinski definition) is 4. The third-order valence-electron chi connectivity index (χ3n) is 1.11. The minimum Gasteiger partial charge on any atom is -0.481 e. The van der Waals surface area contributed by atoms with Crippen LogP contribution in [0.5, 0.6) is 0 Å². The molecular weight excluding hydrogens is 178 g/mol. The van der Waals surface area contributed by atoms with E-state index in [0.29, 0.717) is 0 Å². The molecule has 0 spiro atoms. The predicted molar refractivity (Wildman–Crippen MR) is 45.2 cm³/mol. The Labute approximate surface area is 76.0 Å². The van der Waals surface area contributed by atoms with Crippen molar-refractivity contribution in [2.24, 2.45) is 5.73 Å². The summed E-state index contributed by atoms with van der Waals surface area (Å²) in [6.45, 7) is 2.93. The summed E-state index contributed by atoms with van der Waals surface area (Å²) in [5, 5.41) is 24.3. The number of rotatable bonds is 3. The summed E-state index contributed by atoms with van der Waals surface area (Å²) < 4.78 is 0. The first-order valence-corrected chi connectivity index (χ1v) is 3.71. The smallest absolute Gasteiger partial charge is 0.323 e. The lowest BCUT2D eigenvalue weighted by Crippen LogP contribution is -2.39. The topological polar surface area (TPSA) is 121 Å². The van der Waals surface area contributed by atoms with Gasteiger partial charge in [-0.1, -0.05) is 6.92 Å². The molecule has 2 unspecified atom stereocenters. The molecule has 78 valence electrons. The molecule has 0 heterocycles. The van der Waals surface area contributed by atoms with E-state index in [1.54, 1.807) is 6.92 Å². The van der Waals surface area contributed by atoms with Crippen molar-refractivity contribution in [2.45, 2.75) is 32.4 Å². The van der Waals surface area contributed by atoms with E-state index in [1.165, 1.54) is 6.92 Å². The zero-order chi connectivity index (χ0) is 11.0. The first-order chi connectivity index (χ1) is 5.82. The van der Waals surface area contributed by atoms with Crippen LogP contribution in [0.1, 0.15) is 20.3 Å². The molecule has 0 amide bonds. The van der Waals surface area contributed by atoms with Crippen LogP contribution in [0.15, 0.2) is 0 Å². The molecule has 0 saturated carbocycles. The van der Waals surface area contributed by atoms with E-state index in [0.717, 1.165) is 0 Å². The quantitative estimate of drug-likeness (QED) is 0.468. The van der Waals surface area contributed by atoms with Gasteiger partial charge in [-0.15, -0.1) is 0 Å². The van der Waals surface area contributed by atoms with Crippen molar-refractivity contribution in [3.8, 4) is 0 Å². The Morgan fingerprint density at radius 1 is 1.38 bits per heavy atom. The van der Waals surface area contributed by atoms with E-state index in [1.807, 2.05) is 0 Å². The van der Waals surface area contributed by atoms with Crippen molar-refractivity contribution >= 4 is 11.9 Å². The van der Waals surface area contributed by atoms with E-state index in [9.17, 15) is 9.59 Å². The van der Waals surface area contributed by atoms with Crippen LogP contribution in [0, 0.1) is 0 Å². The highest BCUT2D eigenvalue weighted by Crippen LogP contribution is 1.85. The highest BCUT2D eigenvalue weighted by molar-refractivity contribution is 5.73. The number of aliphatic carboxylic acids is 2. The van der Waals surface area contributed by atoms with Crippen LogP contribution < -0.4 is 5.73 Å². The van der Waals surface area contributed by atoms with Crippen molar-refractivity contribution in [3.05, 3.63) is 0 Å². The van der Waals surface area contributed by atoms with Gasteiger partial charge in [0.1, 0.15) is 6.04 Å². The fourth-order valence-corrected chi connectivity index (χ4v) is 0.206. The largest absolute Gasteiger partial charge is 0.481 e. The molecule has 0 rings (SSSR count). The summed E-state index contributed by atoms with van der Waals surface area (Å²) in [5.74, 6) is -1.93. The van der Waals surface area contributed by atoms with Gasteiger partial charge in [0.05, 0.1) is 6.10 Å². The fourth-order valence-electron chi connectivity index (χ4n) is 0.206. The maximum Gasteiger partial charge on any atom is 0.323 e. The Morgan fingerprint density at radius 3 is 1.69 bits per heavy atom. The van der Waals surface area contributed by atoms with E-state index in [2.05, 4.69) is 0 Å². The van der Waals surface area contributed by atoms with Crippen LogP contribution in [0.4, 0.5) is 0 Å². The Hall–Kier alpha value is -1.14. The van der Waals surface area contributed by atoms with Crippen molar-refractivity contribution in [2.75, 3.05) is 0 Å². The normalized spacial score (nSPS) is 13.5. The molecule has 2 atom stereocenters. The first-order valence-electron chi connectivity index (χ1n) is 3.71. The molecule has 0 fully saturated rings. The number of hydrogen-bond acceptors (Lipinski definition) is 4. The molecule has 0 bridgehead atoms. The Bertz CT molecular complexity index is 168. The molecule has 0 aromatic heterocycles. The first kappa shape index (κ1) is 14.4.